The van der Waals surface area contributed by atoms with Crippen molar-refractivity contribution in [3.63, 3.8) is 0 Å². The Hall–Kier alpha value is -2.10. The third kappa shape index (κ3) is 1.69. The number of carbonyl (C=O) groups excluding carboxylic acids is 1. The Labute approximate surface area is 92.5 Å². The van der Waals surface area contributed by atoms with Crippen molar-refractivity contribution in [2.75, 3.05) is 0 Å². The van der Waals surface area contributed by atoms with E-state index in [-0.39, 0.29) is 11.5 Å². The fraction of sp³-hybridized carbons (Fsp3) is 0.167. The Morgan fingerprint density at radius 2 is 1.94 bits per heavy atom. The molecule has 2 rings (SSSR count). The van der Waals surface area contributed by atoms with Crippen molar-refractivity contribution < 1.29 is 14.4 Å². The molecule has 2 aromatic rings. The number of ketones is 1. The fourth-order valence-electron chi connectivity index (χ4n) is 1.58. The van der Waals surface area contributed by atoms with Crippen molar-refractivity contribution >= 4 is 5.78 Å². The van der Waals surface area contributed by atoms with E-state index in [9.17, 15) is 9.90 Å². The van der Waals surface area contributed by atoms with Crippen LogP contribution in [-0.2, 0) is 0 Å². The number of hydrogen-bond acceptors (Lipinski definition) is 4. The molecule has 16 heavy (non-hydrogen) atoms. The molecular formula is C12H11NO3. The van der Waals surface area contributed by atoms with Crippen LogP contribution in [-0.4, -0.2) is 16.0 Å². The second-order valence-electron chi connectivity index (χ2n) is 3.57. The molecule has 0 bridgehead atoms. The van der Waals surface area contributed by atoms with Crippen LogP contribution in [0.3, 0.4) is 0 Å². The lowest BCUT2D eigenvalue weighted by Gasteiger charge is -2.00. The van der Waals surface area contributed by atoms with Gasteiger partial charge in [-0.3, -0.25) is 4.79 Å². The number of nitrogens with zero attached hydrogens (tertiary/aromatic N) is 1. The molecule has 0 atom stereocenters. The van der Waals surface area contributed by atoms with Crippen LogP contribution in [0.1, 0.15) is 23.2 Å². The zero-order valence-corrected chi connectivity index (χ0v) is 9.02. The number of aromatic nitrogens is 1. The maximum Gasteiger partial charge on any atom is 0.182 e. The Balaban J connectivity index is 2.58. The van der Waals surface area contributed by atoms with Crippen LogP contribution in [0.5, 0.6) is 5.75 Å². The summed E-state index contributed by atoms with van der Waals surface area (Å²) >= 11 is 0. The smallest absolute Gasteiger partial charge is 0.182 e. The number of phenols is 1. The van der Waals surface area contributed by atoms with Crippen molar-refractivity contribution in [2.24, 2.45) is 0 Å². The van der Waals surface area contributed by atoms with Gasteiger partial charge in [0.2, 0.25) is 0 Å². The summed E-state index contributed by atoms with van der Waals surface area (Å²) in [5.74, 6) is 0.637. The highest BCUT2D eigenvalue weighted by Crippen LogP contribution is 2.28. The van der Waals surface area contributed by atoms with Crippen molar-refractivity contribution in [3.05, 3.63) is 35.7 Å². The topological polar surface area (TPSA) is 63.3 Å². The van der Waals surface area contributed by atoms with Crippen molar-refractivity contribution in [2.45, 2.75) is 13.8 Å². The first-order valence-corrected chi connectivity index (χ1v) is 4.86. The van der Waals surface area contributed by atoms with Crippen LogP contribution in [0.2, 0.25) is 0 Å². The van der Waals surface area contributed by atoms with E-state index in [4.69, 9.17) is 4.52 Å². The number of Topliss-reactive ketones (excluding diaryl/α,β-unsaturated/α-hetero) is 1. The predicted octanol–water partition coefficient (Wildman–Crippen LogP) is 2.56. The van der Waals surface area contributed by atoms with Crippen LogP contribution in [0.4, 0.5) is 0 Å². The Bertz CT molecular complexity index is 526. The number of hydrogen-bond donors (Lipinski definition) is 1. The molecule has 0 aliphatic carbocycles. The second-order valence-corrected chi connectivity index (χ2v) is 3.57. The quantitative estimate of drug-likeness (QED) is 0.785. The molecule has 0 aliphatic rings. The molecular weight excluding hydrogens is 206 g/mol. The minimum Gasteiger partial charge on any atom is -0.508 e. The Kier molecular flexibility index (Phi) is 2.48. The molecule has 1 aromatic carbocycles. The minimum atomic E-state index is -0.139. The van der Waals surface area contributed by atoms with E-state index < -0.39 is 0 Å². The number of phenolic OH excluding ortho intramolecular Hbond substituents is 1. The third-order valence-electron chi connectivity index (χ3n) is 2.35. The number of carbonyl (C=O) groups is 1. The van der Waals surface area contributed by atoms with Crippen LogP contribution in [0.25, 0.3) is 11.1 Å². The molecule has 0 unspecified atom stereocenters. The zero-order chi connectivity index (χ0) is 11.7. The van der Waals surface area contributed by atoms with E-state index in [1.54, 1.807) is 31.2 Å². The Morgan fingerprint density at radius 1 is 1.31 bits per heavy atom. The van der Waals surface area contributed by atoms with Gasteiger partial charge in [-0.1, -0.05) is 17.3 Å². The first kappa shape index (κ1) is 10.4. The second kappa shape index (κ2) is 3.81. The lowest BCUT2D eigenvalue weighted by Crippen LogP contribution is -1.95. The van der Waals surface area contributed by atoms with E-state index in [1.807, 2.05) is 0 Å². The maximum atomic E-state index is 11.3. The maximum absolute atomic E-state index is 11.3. The van der Waals surface area contributed by atoms with Crippen molar-refractivity contribution in [3.8, 4) is 16.9 Å². The van der Waals surface area contributed by atoms with Gasteiger partial charge in [-0.2, -0.15) is 0 Å². The molecule has 1 aromatic heterocycles. The summed E-state index contributed by atoms with van der Waals surface area (Å²) < 4.78 is 5.01. The summed E-state index contributed by atoms with van der Waals surface area (Å²) in [6.45, 7) is 3.20. The highest BCUT2D eigenvalue weighted by atomic mass is 16.5. The van der Waals surface area contributed by atoms with E-state index in [0.29, 0.717) is 17.0 Å². The molecule has 4 nitrogen and oxygen atoms in total. The molecule has 1 heterocycles. The summed E-state index contributed by atoms with van der Waals surface area (Å²) in [5, 5.41) is 12.9. The van der Waals surface area contributed by atoms with Crippen LogP contribution in [0, 0.1) is 6.92 Å². The molecule has 0 amide bonds. The first-order valence-electron chi connectivity index (χ1n) is 4.86. The minimum absolute atomic E-state index is 0.139. The summed E-state index contributed by atoms with van der Waals surface area (Å²) in [6.07, 6.45) is 0. The third-order valence-corrected chi connectivity index (χ3v) is 2.35. The highest BCUT2D eigenvalue weighted by molar-refractivity contribution is 5.99. The summed E-state index contributed by atoms with van der Waals surface area (Å²) in [7, 11) is 0. The van der Waals surface area contributed by atoms with Gasteiger partial charge in [0.15, 0.2) is 11.5 Å². The Morgan fingerprint density at radius 3 is 2.50 bits per heavy atom. The lowest BCUT2D eigenvalue weighted by atomic mass is 10.0. The van der Waals surface area contributed by atoms with Crippen molar-refractivity contribution in [1.29, 1.82) is 0 Å². The van der Waals surface area contributed by atoms with Gasteiger partial charge < -0.3 is 9.63 Å². The van der Waals surface area contributed by atoms with E-state index in [2.05, 4.69) is 5.16 Å². The number of benzene rings is 1. The molecule has 0 radical (unpaired) electrons. The molecule has 0 fully saturated rings. The van der Waals surface area contributed by atoms with Gasteiger partial charge in [-0.25, -0.2) is 0 Å². The zero-order valence-electron chi connectivity index (χ0n) is 9.02. The van der Waals surface area contributed by atoms with Gasteiger partial charge in [0.25, 0.3) is 0 Å². The molecule has 0 saturated heterocycles. The molecule has 4 heteroatoms. The van der Waals surface area contributed by atoms with Gasteiger partial charge in [0, 0.05) is 6.92 Å². The predicted molar refractivity (Wildman–Crippen MR) is 58.3 cm³/mol. The molecule has 0 saturated carbocycles. The van der Waals surface area contributed by atoms with E-state index >= 15 is 0 Å². The first-order chi connectivity index (χ1) is 7.59. The molecule has 1 N–H and O–H groups in total. The summed E-state index contributed by atoms with van der Waals surface area (Å²) in [6, 6.07) is 6.57. The van der Waals surface area contributed by atoms with Crippen LogP contribution < -0.4 is 0 Å². The average molecular weight is 217 g/mol. The average Bonchev–Trinajstić information content (AvgIpc) is 2.62. The monoisotopic (exact) mass is 217 g/mol. The largest absolute Gasteiger partial charge is 0.508 e. The molecule has 0 spiro atoms. The van der Waals surface area contributed by atoms with Gasteiger partial charge in [0.05, 0.1) is 5.56 Å². The van der Waals surface area contributed by atoms with Crippen LogP contribution >= 0.6 is 0 Å². The fourth-order valence-corrected chi connectivity index (χ4v) is 1.58. The molecule has 0 aliphatic heterocycles. The van der Waals surface area contributed by atoms with Gasteiger partial charge in [-0.15, -0.1) is 0 Å². The summed E-state index contributed by atoms with van der Waals surface area (Å²) in [5.41, 5.74) is 1.82. The lowest BCUT2D eigenvalue weighted by molar-refractivity contribution is 0.100. The highest BCUT2D eigenvalue weighted by Gasteiger charge is 2.17. The van der Waals surface area contributed by atoms with Crippen LogP contribution in [0.15, 0.2) is 28.8 Å². The van der Waals surface area contributed by atoms with E-state index in [1.165, 1.54) is 6.92 Å². The van der Waals surface area contributed by atoms with Gasteiger partial charge >= 0.3 is 0 Å². The van der Waals surface area contributed by atoms with E-state index in [0.717, 1.165) is 5.56 Å². The standard InChI is InChI=1S/C12H11NO3/c1-7(14)12-11(8(2)16-13-12)9-3-5-10(15)6-4-9/h3-6,15H,1-2H3. The number of aromatic hydroxyl groups is 1. The number of aryl methyl sites for hydroxylation is 1. The normalized spacial score (nSPS) is 10.4. The summed E-state index contributed by atoms with van der Waals surface area (Å²) in [4.78, 5) is 11.3. The SMILES string of the molecule is CC(=O)c1noc(C)c1-c1ccc(O)cc1. The molecule has 82 valence electrons. The van der Waals surface area contributed by atoms with Gasteiger partial charge in [-0.05, 0) is 24.6 Å². The number of rotatable bonds is 2. The van der Waals surface area contributed by atoms with Gasteiger partial charge in [0.1, 0.15) is 11.5 Å². The van der Waals surface area contributed by atoms with Crippen molar-refractivity contribution in [1.82, 2.24) is 5.16 Å².